The molecule has 1 aromatic carbocycles. The first kappa shape index (κ1) is 23.2. The van der Waals surface area contributed by atoms with Gasteiger partial charge < -0.3 is 20.1 Å². The lowest BCUT2D eigenvalue weighted by atomic mass is 10.1. The van der Waals surface area contributed by atoms with Crippen molar-refractivity contribution < 1.29 is 31.4 Å². The molecule has 0 radical (unpaired) electrons. The molecule has 0 saturated carbocycles. The number of hydrogen-bond acceptors (Lipinski definition) is 4. The Bertz CT molecular complexity index is 859. The largest absolute Gasteiger partial charge is 0.468 e. The normalized spacial score (nSPS) is 12.1. The summed E-state index contributed by atoms with van der Waals surface area (Å²) in [5.74, 6) is 0.260. The molecule has 2 aromatic rings. The van der Waals surface area contributed by atoms with Gasteiger partial charge in [-0.2, -0.15) is 22.0 Å². The highest BCUT2D eigenvalue weighted by Crippen LogP contribution is 2.22. The zero-order chi connectivity index (χ0) is 22.1. The van der Waals surface area contributed by atoms with Crippen molar-refractivity contribution in [2.45, 2.75) is 32.8 Å². The van der Waals surface area contributed by atoms with Gasteiger partial charge in [0.1, 0.15) is 5.75 Å². The molecule has 0 aliphatic heterocycles. The number of rotatable bonds is 8. The van der Waals surface area contributed by atoms with Gasteiger partial charge in [-0.3, -0.25) is 4.99 Å². The number of halogens is 5. The van der Waals surface area contributed by atoms with Crippen LogP contribution in [0.3, 0.4) is 0 Å². The monoisotopic (exact) mass is 432 g/mol. The Hall–Kier alpha value is -3.11. The third kappa shape index (κ3) is 8.10. The van der Waals surface area contributed by atoms with Gasteiger partial charge in [-0.15, -0.1) is 0 Å². The van der Waals surface area contributed by atoms with Gasteiger partial charge in [-0.25, -0.2) is 4.98 Å². The summed E-state index contributed by atoms with van der Waals surface area (Å²) in [7, 11) is 1.52. The quantitative estimate of drug-likeness (QED) is 0.377. The molecule has 1 aromatic heterocycles. The summed E-state index contributed by atoms with van der Waals surface area (Å²) in [6.07, 6.45) is -3.12. The fourth-order valence-corrected chi connectivity index (χ4v) is 2.44. The van der Waals surface area contributed by atoms with Crippen LogP contribution in [0.15, 0.2) is 41.5 Å². The molecule has 2 rings (SSSR count). The Morgan fingerprint density at radius 2 is 1.87 bits per heavy atom. The second kappa shape index (κ2) is 10.6. The maximum Gasteiger partial charge on any atom is 0.422 e. The van der Waals surface area contributed by atoms with Crippen LogP contribution < -0.4 is 20.1 Å². The minimum Gasteiger partial charge on any atom is -0.468 e. The fraction of sp³-hybridized carbons (Fsp3) is 0.368. The minimum atomic E-state index is -4.45. The van der Waals surface area contributed by atoms with E-state index >= 15 is 0 Å². The van der Waals surface area contributed by atoms with Crippen molar-refractivity contribution in [2.75, 3.05) is 13.7 Å². The van der Waals surface area contributed by atoms with E-state index in [2.05, 4.69) is 30.1 Å². The summed E-state index contributed by atoms with van der Waals surface area (Å²) in [4.78, 5) is 7.77. The van der Waals surface area contributed by atoms with E-state index in [4.69, 9.17) is 0 Å². The Morgan fingerprint density at radius 1 is 1.13 bits per heavy atom. The highest BCUT2D eigenvalue weighted by molar-refractivity contribution is 5.79. The van der Waals surface area contributed by atoms with E-state index in [9.17, 15) is 22.0 Å². The van der Waals surface area contributed by atoms with Crippen LogP contribution in [-0.4, -0.2) is 37.4 Å². The third-order valence-corrected chi connectivity index (χ3v) is 3.74. The first-order valence-electron chi connectivity index (χ1n) is 8.79. The number of ether oxygens (including phenoxy) is 2. The van der Waals surface area contributed by atoms with Crippen molar-refractivity contribution in [3.8, 4) is 11.6 Å². The van der Waals surface area contributed by atoms with E-state index in [1.165, 1.54) is 25.4 Å². The van der Waals surface area contributed by atoms with Gasteiger partial charge in [0.2, 0.25) is 5.88 Å². The van der Waals surface area contributed by atoms with Gasteiger partial charge in [-0.1, -0.05) is 17.7 Å². The lowest BCUT2D eigenvalue weighted by molar-refractivity contribution is -0.154. The summed E-state index contributed by atoms with van der Waals surface area (Å²) in [5.41, 5.74) is 2.01. The number of aryl methyl sites for hydroxylation is 1. The van der Waals surface area contributed by atoms with Crippen LogP contribution in [0.5, 0.6) is 11.6 Å². The number of guanidine groups is 1. The van der Waals surface area contributed by atoms with Crippen LogP contribution in [0.1, 0.15) is 16.7 Å². The first-order chi connectivity index (χ1) is 14.2. The molecule has 0 saturated heterocycles. The van der Waals surface area contributed by atoms with Crippen molar-refractivity contribution in [1.29, 1.82) is 0 Å². The van der Waals surface area contributed by atoms with Crippen molar-refractivity contribution in [1.82, 2.24) is 15.6 Å². The summed E-state index contributed by atoms with van der Waals surface area (Å²) in [6.45, 7) is -2.16. The number of nitrogens with zero attached hydrogens (tertiary/aromatic N) is 2. The molecule has 164 valence electrons. The van der Waals surface area contributed by atoms with Gasteiger partial charge >= 0.3 is 12.8 Å². The number of pyridine rings is 1. The second-order valence-electron chi connectivity index (χ2n) is 6.18. The predicted octanol–water partition coefficient (Wildman–Crippen LogP) is 3.80. The second-order valence-corrected chi connectivity index (χ2v) is 6.18. The van der Waals surface area contributed by atoms with E-state index in [0.717, 1.165) is 5.56 Å². The lowest BCUT2D eigenvalue weighted by Gasteiger charge is -2.15. The maximum absolute atomic E-state index is 12.6. The van der Waals surface area contributed by atoms with Crippen LogP contribution in [0.4, 0.5) is 22.0 Å². The molecular weight excluding hydrogens is 411 g/mol. The summed E-state index contributed by atoms with van der Waals surface area (Å²) >= 11 is 0. The van der Waals surface area contributed by atoms with Crippen LogP contribution in [0, 0.1) is 6.92 Å². The van der Waals surface area contributed by atoms with Gasteiger partial charge in [0, 0.05) is 38.0 Å². The zero-order valence-corrected chi connectivity index (χ0v) is 16.3. The standard InChI is InChI=1S/C19H21F5N4O2/c1-12-3-4-15(30-17(20)21)14(7-12)10-28-18(25-2)27-9-13-5-6-26-16(8-13)29-11-19(22,23)24/h3-8,17H,9-11H2,1-2H3,(H2,25,27,28). The van der Waals surface area contributed by atoms with Gasteiger partial charge in [0.15, 0.2) is 12.6 Å². The zero-order valence-electron chi connectivity index (χ0n) is 16.3. The Labute approximate surface area is 170 Å². The molecule has 30 heavy (non-hydrogen) atoms. The molecular formula is C19H21F5N4O2. The average molecular weight is 432 g/mol. The topological polar surface area (TPSA) is 67.8 Å². The Balaban J connectivity index is 1.94. The van der Waals surface area contributed by atoms with E-state index in [1.54, 1.807) is 18.2 Å². The minimum absolute atomic E-state index is 0.0548. The summed E-state index contributed by atoms with van der Waals surface area (Å²) < 4.78 is 71.0. The molecule has 0 bridgehead atoms. The number of aromatic nitrogens is 1. The molecule has 0 atom stereocenters. The predicted molar refractivity (Wildman–Crippen MR) is 101 cm³/mol. The molecule has 0 aliphatic rings. The van der Waals surface area contributed by atoms with E-state index in [0.29, 0.717) is 17.1 Å². The number of benzene rings is 1. The summed E-state index contributed by atoms with van der Waals surface area (Å²) in [6, 6.07) is 7.83. The Morgan fingerprint density at radius 3 is 2.53 bits per heavy atom. The first-order valence-corrected chi connectivity index (χ1v) is 8.79. The molecule has 0 fully saturated rings. The van der Waals surface area contributed by atoms with Gasteiger partial charge in [0.05, 0.1) is 0 Å². The molecule has 1 heterocycles. The van der Waals surface area contributed by atoms with Gasteiger partial charge in [0.25, 0.3) is 0 Å². The third-order valence-electron chi connectivity index (χ3n) is 3.74. The number of aliphatic imine (C=N–C) groups is 1. The molecule has 0 aliphatic carbocycles. The molecule has 2 N–H and O–H groups in total. The molecule has 0 unspecified atom stereocenters. The van der Waals surface area contributed by atoms with Crippen LogP contribution in [0.2, 0.25) is 0 Å². The molecule has 0 amide bonds. The highest BCUT2D eigenvalue weighted by atomic mass is 19.4. The smallest absolute Gasteiger partial charge is 0.422 e. The van der Waals surface area contributed by atoms with Crippen LogP contribution >= 0.6 is 0 Å². The van der Waals surface area contributed by atoms with Crippen LogP contribution in [-0.2, 0) is 13.1 Å². The highest BCUT2D eigenvalue weighted by Gasteiger charge is 2.28. The van der Waals surface area contributed by atoms with Crippen molar-refractivity contribution >= 4 is 5.96 Å². The van der Waals surface area contributed by atoms with Crippen molar-refractivity contribution in [2.24, 2.45) is 4.99 Å². The summed E-state index contributed by atoms with van der Waals surface area (Å²) in [5, 5.41) is 5.95. The average Bonchev–Trinajstić information content (AvgIpc) is 2.68. The number of hydrogen-bond donors (Lipinski definition) is 2. The van der Waals surface area contributed by atoms with E-state index in [-0.39, 0.29) is 24.7 Å². The molecule has 11 heteroatoms. The Kier molecular flexibility index (Phi) is 8.19. The van der Waals surface area contributed by atoms with Gasteiger partial charge in [-0.05, 0) is 24.6 Å². The molecule has 0 spiro atoms. The van der Waals surface area contributed by atoms with Crippen molar-refractivity contribution in [3.05, 3.63) is 53.2 Å². The SMILES string of the molecule is CN=C(NCc1ccnc(OCC(F)(F)F)c1)NCc1cc(C)ccc1OC(F)F. The van der Waals surface area contributed by atoms with Crippen LogP contribution in [0.25, 0.3) is 0 Å². The maximum atomic E-state index is 12.6. The van der Waals surface area contributed by atoms with Crippen molar-refractivity contribution in [3.63, 3.8) is 0 Å². The fourth-order valence-electron chi connectivity index (χ4n) is 2.44. The number of alkyl halides is 5. The van der Waals surface area contributed by atoms with E-state index < -0.39 is 19.4 Å². The molecule has 6 nitrogen and oxygen atoms in total. The van der Waals surface area contributed by atoms with E-state index in [1.807, 2.05) is 6.92 Å². The number of nitrogens with one attached hydrogen (secondary N) is 2. The lowest BCUT2D eigenvalue weighted by Crippen LogP contribution is -2.36.